The number of H-pyrrole nitrogens is 1. The van der Waals surface area contributed by atoms with E-state index in [2.05, 4.69) is 29.2 Å². The number of aromatic nitrogens is 2. The standard InChI is InChI=1S/C28H18N2/c1-2-9-19(10-3-1)30-26-15-14-18-8-4-5-11-20(18)28(26)23-16-22-21-12-6-7-13-24(21)29-25(22)17-27(23)30/h1-17,29H/i1D,2D,3D,9D,10D. The summed E-state index contributed by atoms with van der Waals surface area (Å²) in [5.41, 5.74) is 3.70. The van der Waals surface area contributed by atoms with Gasteiger partial charge in [-0.25, -0.2) is 0 Å². The summed E-state index contributed by atoms with van der Waals surface area (Å²) in [6.45, 7) is 0. The first-order chi connectivity index (χ1) is 17.0. The van der Waals surface area contributed by atoms with Crippen LogP contribution in [0, 0.1) is 0 Å². The number of aromatic amines is 1. The Balaban J connectivity index is 1.77. The van der Waals surface area contributed by atoms with E-state index in [0.717, 1.165) is 54.4 Å². The Hall–Kier alpha value is -4.04. The van der Waals surface area contributed by atoms with Crippen molar-refractivity contribution in [1.29, 1.82) is 0 Å². The molecule has 0 spiro atoms. The molecule has 5 aromatic carbocycles. The number of rotatable bonds is 1. The normalized spacial score (nSPS) is 14.3. The Morgan fingerprint density at radius 3 is 2.33 bits per heavy atom. The molecule has 140 valence electrons. The maximum atomic E-state index is 8.67. The van der Waals surface area contributed by atoms with Gasteiger partial charge < -0.3 is 9.55 Å². The fraction of sp³-hybridized carbons (Fsp3) is 0. The number of benzene rings is 5. The summed E-state index contributed by atoms with van der Waals surface area (Å²) in [5, 5.41) is 6.31. The molecule has 2 nitrogen and oxygen atoms in total. The van der Waals surface area contributed by atoms with E-state index in [-0.39, 0.29) is 29.9 Å². The highest BCUT2D eigenvalue weighted by Crippen LogP contribution is 2.39. The van der Waals surface area contributed by atoms with Crippen LogP contribution < -0.4 is 0 Å². The lowest BCUT2D eigenvalue weighted by Gasteiger charge is -2.08. The van der Waals surface area contributed by atoms with Crippen LogP contribution in [0.1, 0.15) is 6.85 Å². The van der Waals surface area contributed by atoms with Crippen LogP contribution >= 0.6 is 0 Å². The van der Waals surface area contributed by atoms with Crippen LogP contribution in [0.3, 0.4) is 0 Å². The van der Waals surface area contributed by atoms with Gasteiger partial charge in [0, 0.05) is 38.3 Å². The Morgan fingerprint density at radius 1 is 0.633 bits per heavy atom. The lowest BCUT2D eigenvalue weighted by molar-refractivity contribution is 1.18. The van der Waals surface area contributed by atoms with Gasteiger partial charge in [-0.15, -0.1) is 0 Å². The molecule has 2 heteroatoms. The lowest BCUT2D eigenvalue weighted by atomic mass is 10.0. The third kappa shape index (κ3) is 2.03. The van der Waals surface area contributed by atoms with E-state index in [4.69, 9.17) is 6.85 Å². The Labute approximate surface area is 180 Å². The summed E-state index contributed by atoms with van der Waals surface area (Å²) < 4.78 is 43.8. The van der Waals surface area contributed by atoms with Crippen molar-refractivity contribution in [3.8, 4) is 5.69 Å². The van der Waals surface area contributed by atoms with E-state index in [1.54, 1.807) is 0 Å². The van der Waals surface area contributed by atoms with Crippen molar-refractivity contribution in [1.82, 2.24) is 9.55 Å². The van der Waals surface area contributed by atoms with Crippen molar-refractivity contribution >= 4 is 54.4 Å². The van der Waals surface area contributed by atoms with Gasteiger partial charge >= 0.3 is 0 Å². The zero-order valence-corrected chi connectivity index (χ0v) is 15.9. The van der Waals surface area contributed by atoms with Crippen LogP contribution in [-0.2, 0) is 0 Å². The van der Waals surface area contributed by atoms with Crippen molar-refractivity contribution in [3.05, 3.63) is 103 Å². The fourth-order valence-electron chi connectivity index (χ4n) is 4.73. The van der Waals surface area contributed by atoms with Crippen LogP contribution in [0.15, 0.2) is 103 Å². The molecule has 0 amide bonds. The van der Waals surface area contributed by atoms with E-state index in [9.17, 15) is 0 Å². The smallest absolute Gasteiger partial charge is 0.0645 e. The van der Waals surface area contributed by atoms with Gasteiger partial charge in [-0.3, -0.25) is 0 Å². The minimum absolute atomic E-state index is 0.154. The molecule has 0 aliphatic heterocycles. The minimum Gasteiger partial charge on any atom is -0.354 e. The molecular formula is C28H18N2. The maximum Gasteiger partial charge on any atom is 0.0645 e. The first-order valence-corrected chi connectivity index (χ1v) is 9.89. The highest BCUT2D eigenvalue weighted by Gasteiger charge is 2.16. The third-order valence-electron chi connectivity index (χ3n) is 5.99. The Kier molecular flexibility index (Phi) is 2.27. The summed E-state index contributed by atoms with van der Waals surface area (Å²) in [5.74, 6) is 0. The molecule has 0 aliphatic carbocycles. The number of nitrogens with zero attached hydrogens (tertiary/aromatic N) is 1. The van der Waals surface area contributed by atoms with E-state index in [0.29, 0.717) is 0 Å². The summed E-state index contributed by atoms with van der Waals surface area (Å²) >= 11 is 0. The molecule has 7 rings (SSSR count). The zero-order chi connectivity index (χ0) is 24.0. The van der Waals surface area contributed by atoms with Gasteiger partial charge in [0.15, 0.2) is 0 Å². The highest BCUT2D eigenvalue weighted by molar-refractivity contribution is 6.24. The van der Waals surface area contributed by atoms with Crippen molar-refractivity contribution in [2.75, 3.05) is 0 Å². The van der Waals surface area contributed by atoms with Crippen molar-refractivity contribution in [2.45, 2.75) is 0 Å². The van der Waals surface area contributed by atoms with E-state index < -0.39 is 6.04 Å². The first-order valence-electron chi connectivity index (χ1n) is 12.4. The third-order valence-corrected chi connectivity index (χ3v) is 5.99. The van der Waals surface area contributed by atoms with Crippen LogP contribution in [0.25, 0.3) is 60.1 Å². The van der Waals surface area contributed by atoms with Crippen LogP contribution in [0.5, 0.6) is 0 Å². The Morgan fingerprint density at radius 2 is 1.43 bits per heavy atom. The molecule has 7 aromatic rings. The van der Waals surface area contributed by atoms with Crippen molar-refractivity contribution < 1.29 is 6.85 Å². The predicted octanol–water partition coefficient (Wildman–Crippen LogP) is 7.57. The summed E-state index contributed by atoms with van der Waals surface area (Å²) in [7, 11) is 0. The molecule has 2 heterocycles. The van der Waals surface area contributed by atoms with Crippen LogP contribution in [-0.4, -0.2) is 9.55 Å². The summed E-state index contributed by atoms with van der Waals surface area (Å²) in [4.78, 5) is 3.48. The fourth-order valence-corrected chi connectivity index (χ4v) is 4.73. The summed E-state index contributed by atoms with van der Waals surface area (Å²) in [6, 6.07) is 22.9. The largest absolute Gasteiger partial charge is 0.354 e. The number of hydrogen-bond acceptors (Lipinski definition) is 0. The van der Waals surface area contributed by atoms with Gasteiger partial charge in [0.25, 0.3) is 0 Å². The highest BCUT2D eigenvalue weighted by atomic mass is 15.0. The van der Waals surface area contributed by atoms with E-state index >= 15 is 0 Å². The molecule has 0 saturated carbocycles. The SMILES string of the molecule is [2H]c1c([2H])c([2H])c(-n2c3cc4[nH]c5ccccc5c4cc3c3c4ccccc4ccc32)c([2H])c1[2H]. The van der Waals surface area contributed by atoms with Gasteiger partial charge in [-0.1, -0.05) is 66.7 Å². The number of nitrogens with one attached hydrogen (secondary N) is 1. The summed E-state index contributed by atoms with van der Waals surface area (Å²) in [6.07, 6.45) is 0. The molecular weight excluding hydrogens is 364 g/mol. The molecule has 2 aromatic heterocycles. The molecule has 0 unspecified atom stereocenters. The average Bonchev–Trinajstić information content (AvgIpc) is 3.40. The average molecular weight is 387 g/mol. The Bertz CT molecular complexity index is 1990. The second-order valence-corrected chi connectivity index (χ2v) is 7.58. The quantitative estimate of drug-likeness (QED) is 0.300. The van der Waals surface area contributed by atoms with Gasteiger partial charge in [0.1, 0.15) is 0 Å². The molecule has 30 heavy (non-hydrogen) atoms. The molecule has 1 N–H and O–H groups in total. The van der Waals surface area contributed by atoms with E-state index in [1.807, 2.05) is 53.1 Å². The monoisotopic (exact) mass is 387 g/mol. The van der Waals surface area contributed by atoms with Gasteiger partial charge in [-0.2, -0.15) is 0 Å². The topological polar surface area (TPSA) is 20.7 Å². The van der Waals surface area contributed by atoms with Crippen molar-refractivity contribution in [2.24, 2.45) is 0 Å². The molecule has 0 saturated heterocycles. The van der Waals surface area contributed by atoms with E-state index in [1.165, 1.54) is 0 Å². The zero-order valence-electron chi connectivity index (χ0n) is 20.9. The van der Waals surface area contributed by atoms with Crippen molar-refractivity contribution in [3.63, 3.8) is 0 Å². The number of hydrogen-bond donors (Lipinski definition) is 1. The molecule has 0 atom stereocenters. The molecule has 0 radical (unpaired) electrons. The van der Waals surface area contributed by atoms with Crippen LogP contribution in [0.2, 0.25) is 0 Å². The van der Waals surface area contributed by atoms with Gasteiger partial charge in [0.2, 0.25) is 0 Å². The second-order valence-electron chi connectivity index (χ2n) is 7.58. The molecule has 0 aliphatic rings. The number of fused-ring (bicyclic) bond motifs is 8. The lowest BCUT2D eigenvalue weighted by Crippen LogP contribution is -1.93. The van der Waals surface area contributed by atoms with Gasteiger partial charge in [-0.05, 0) is 47.1 Å². The van der Waals surface area contributed by atoms with Gasteiger partial charge in [0.05, 0.1) is 17.9 Å². The molecule has 0 fully saturated rings. The predicted molar refractivity (Wildman–Crippen MR) is 128 cm³/mol. The minimum atomic E-state index is -0.395. The van der Waals surface area contributed by atoms with Crippen LogP contribution in [0.4, 0.5) is 0 Å². The molecule has 0 bridgehead atoms. The number of para-hydroxylation sites is 2. The maximum absolute atomic E-state index is 8.67. The first kappa shape index (κ1) is 11.8. The second kappa shape index (κ2) is 5.74.